The third-order valence-electron chi connectivity index (χ3n) is 15.0. The molecule has 2 N–H and O–H groups in total. The van der Waals surface area contributed by atoms with Crippen LogP contribution in [0.15, 0.2) is 48.1 Å². The van der Waals surface area contributed by atoms with Crippen LogP contribution < -0.4 is 5.73 Å². The van der Waals surface area contributed by atoms with Gasteiger partial charge in [0.1, 0.15) is 0 Å². The second kappa shape index (κ2) is 15.2. The first kappa shape index (κ1) is 31.5. The molecule has 10 atom stereocenters. The second-order valence-electron chi connectivity index (χ2n) is 17.0. The summed E-state index contributed by atoms with van der Waals surface area (Å²) in [5, 5.41) is 0. The Morgan fingerprint density at radius 1 is 0.568 bits per heavy atom. The topological polar surface area (TPSA) is 26.0 Å². The minimum Gasteiger partial charge on any atom is -0.330 e. The molecule has 7 rings (SSSR count). The zero-order chi connectivity index (χ0) is 29.7. The van der Waals surface area contributed by atoms with Crippen LogP contribution in [0.3, 0.4) is 0 Å². The van der Waals surface area contributed by atoms with E-state index < -0.39 is 0 Å². The molecule has 0 aromatic rings. The molecule has 0 amide bonds. The maximum atomic E-state index is 5.80. The van der Waals surface area contributed by atoms with Crippen molar-refractivity contribution in [2.45, 2.75) is 141 Å². The largest absolute Gasteiger partial charge is 0.330 e. The van der Waals surface area contributed by atoms with Crippen molar-refractivity contribution in [3.63, 3.8) is 0 Å². The zero-order valence-corrected chi connectivity index (χ0v) is 28.3. The van der Waals surface area contributed by atoms with E-state index in [2.05, 4.69) is 42.5 Å². The highest BCUT2D eigenvalue weighted by atomic mass is 14.5. The second-order valence-corrected chi connectivity index (χ2v) is 17.0. The third-order valence-corrected chi connectivity index (χ3v) is 15.0. The van der Waals surface area contributed by atoms with Gasteiger partial charge < -0.3 is 5.73 Å². The Balaban J connectivity index is 0.968. The molecule has 7 aliphatic carbocycles. The van der Waals surface area contributed by atoms with Crippen LogP contribution in [0.1, 0.15) is 141 Å². The summed E-state index contributed by atoms with van der Waals surface area (Å²) in [6, 6.07) is 0. The lowest BCUT2D eigenvalue weighted by Crippen LogP contribution is -2.42. The van der Waals surface area contributed by atoms with Crippen molar-refractivity contribution in [3.8, 4) is 0 Å². The van der Waals surface area contributed by atoms with E-state index >= 15 is 0 Å². The maximum absolute atomic E-state index is 5.80. The van der Waals surface area contributed by atoms with Gasteiger partial charge in [0.2, 0.25) is 0 Å². The number of unbranched alkanes of at least 4 members (excludes halogenated alkanes) is 2. The maximum Gasteiger partial charge on any atom is -0.00773 e. The minimum absolute atomic E-state index is 0.806. The van der Waals surface area contributed by atoms with Crippen LogP contribution in [0.25, 0.3) is 0 Å². The van der Waals surface area contributed by atoms with Crippen LogP contribution in [0.5, 0.6) is 0 Å². The first-order valence-corrected chi connectivity index (χ1v) is 20.2. The van der Waals surface area contributed by atoms with E-state index in [1.165, 1.54) is 103 Å². The molecular formula is C43H67N. The molecule has 0 heterocycles. The van der Waals surface area contributed by atoms with Gasteiger partial charge in [-0.1, -0.05) is 86.6 Å². The van der Waals surface area contributed by atoms with E-state index in [1.54, 1.807) is 44.1 Å². The van der Waals surface area contributed by atoms with E-state index in [1.807, 2.05) is 0 Å². The van der Waals surface area contributed by atoms with Crippen molar-refractivity contribution < 1.29 is 0 Å². The third kappa shape index (κ3) is 6.94. The predicted octanol–water partition coefficient (Wildman–Crippen LogP) is 11.6. The molecular weight excluding hydrogens is 530 g/mol. The van der Waals surface area contributed by atoms with E-state index in [4.69, 9.17) is 5.73 Å². The number of allylic oxidation sites excluding steroid dienone is 8. The summed E-state index contributed by atoms with van der Waals surface area (Å²) in [5.74, 6) is 11.4. The highest BCUT2D eigenvalue weighted by molar-refractivity contribution is 5.22. The molecule has 0 aromatic heterocycles. The van der Waals surface area contributed by atoms with Crippen molar-refractivity contribution >= 4 is 0 Å². The minimum atomic E-state index is 0.806. The molecule has 44 heavy (non-hydrogen) atoms. The fourth-order valence-corrected chi connectivity index (χ4v) is 12.9. The Kier molecular flexibility index (Phi) is 10.9. The number of hydrogen-bond acceptors (Lipinski definition) is 1. The summed E-state index contributed by atoms with van der Waals surface area (Å²) in [6.07, 6.45) is 50.3. The smallest absolute Gasteiger partial charge is 0.00773 e. The van der Waals surface area contributed by atoms with E-state index in [9.17, 15) is 0 Å². The lowest BCUT2D eigenvalue weighted by atomic mass is 9.54. The van der Waals surface area contributed by atoms with Crippen LogP contribution in [0.4, 0.5) is 0 Å². The van der Waals surface area contributed by atoms with E-state index in [0.717, 1.165) is 77.6 Å². The summed E-state index contributed by atoms with van der Waals surface area (Å²) in [6.45, 7) is 0.883. The van der Waals surface area contributed by atoms with Crippen molar-refractivity contribution in [1.82, 2.24) is 0 Å². The zero-order valence-electron chi connectivity index (χ0n) is 28.3. The van der Waals surface area contributed by atoms with Crippen molar-refractivity contribution in [2.24, 2.45) is 76.7 Å². The lowest BCUT2D eigenvalue weighted by Gasteiger charge is -2.51. The lowest BCUT2D eigenvalue weighted by molar-refractivity contribution is -0.00236. The first-order valence-electron chi connectivity index (χ1n) is 20.2. The van der Waals surface area contributed by atoms with Gasteiger partial charge in [-0.05, 0) is 180 Å². The van der Waals surface area contributed by atoms with Gasteiger partial charge >= 0.3 is 0 Å². The van der Waals surface area contributed by atoms with Crippen LogP contribution in [-0.4, -0.2) is 6.54 Å². The summed E-state index contributed by atoms with van der Waals surface area (Å²) >= 11 is 0. The Morgan fingerprint density at radius 2 is 1.41 bits per heavy atom. The summed E-state index contributed by atoms with van der Waals surface area (Å²) in [7, 11) is 0. The average molecular weight is 598 g/mol. The summed E-state index contributed by atoms with van der Waals surface area (Å²) < 4.78 is 0. The summed E-state index contributed by atoms with van der Waals surface area (Å²) in [5.41, 5.74) is 7.58. The number of rotatable bonds is 9. The fraction of sp³-hybridized carbons (Fsp3) is 0.814. The van der Waals surface area contributed by atoms with E-state index in [0.29, 0.717) is 0 Å². The predicted molar refractivity (Wildman–Crippen MR) is 188 cm³/mol. The van der Waals surface area contributed by atoms with Gasteiger partial charge in [-0.2, -0.15) is 0 Å². The highest BCUT2D eigenvalue weighted by Crippen LogP contribution is 2.56. The molecule has 4 fully saturated rings. The Bertz CT molecular complexity index is 1020. The van der Waals surface area contributed by atoms with Gasteiger partial charge in [-0.25, -0.2) is 0 Å². The molecule has 1 heteroatoms. The average Bonchev–Trinajstić information content (AvgIpc) is 3.10. The van der Waals surface area contributed by atoms with Crippen LogP contribution in [-0.2, 0) is 0 Å². The normalized spacial score (nSPS) is 44.1. The Hall–Kier alpha value is -1.08. The Morgan fingerprint density at radius 3 is 2.25 bits per heavy atom. The van der Waals surface area contributed by atoms with E-state index in [-0.39, 0.29) is 0 Å². The number of fused-ring (bicyclic) bond motifs is 2. The van der Waals surface area contributed by atoms with Gasteiger partial charge in [0.25, 0.3) is 0 Å². The van der Waals surface area contributed by atoms with Gasteiger partial charge in [-0.15, -0.1) is 0 Å². The van der Waals surface area contributed by atoms with Crippen LogP contribution in [0, 0.1) is 71.0 Å². The standard InChI is InChI=1S/C43H67N/c44-29-10-2-5-14-32-25-26-38(41-18-7-6-17-37(32)41)33-21-23-34(24-22-33)39-27-28-40(43-20-9-8-19-42(39)43)36-16-11-15-35(30-36)31-12-3-1-4-13-31/h1,3,9,12,20,27-28,32-43H,2,4-8,10-11,13-19,21-26,29-30,44H2. The van der Waals surface area contributed by atoms with Gasteiger partial charge in [0.05, 0.1) is 0 Å². The van der Waals surface area contributed by atoms with Gasteiger partial charge in [0, 0.05) is 0 Å². The molecule has 10 unspecified atom stereocenters. The molecule has 7 aliphatic rings. The number of hydrogen-bond donors (Lipinski definition) is 1. The quantitative estimate of drug-likeness (QED) is 0.208. The molecule has 0 radical (unpaired) electrons. The van der Waals surface area contributed by atoms with Crippen LogP contribution in [0.2, 0.25) is 0 Å². The molecule has 1 nitrogen and oxygen atoms in total. The molecule has 244 valence electrons. The molecule has 0 aromatic carbocycles. The Labute approximate surface area is 272 Å². The SMILES string of the molecule is NCCCCCC1CCC(C2CCC(C3C=CC(C4CCCC(C5=CC=CCC5)C4)C4C=CCCC34)CC2)C2CCCCC12. The highest BCUT2D eigenvalue weighted by Gasteiger charge is 2.46. The fourth-order valence-electron chi connectivity index (χ4n) is 12.9. The van der Waals surface area contributed by atoms with Gasteiger partial charge in [0.15, 0.2) is 0 Å². The van der Waals surface area contributed by atoms with Crippen molar-refractivity contribution in [3.05, 3.63) is 48.1 Å². The molecule has 0 saturated heterocycles. The van der Waals surface area contributed by atoms with Crippen molar-refractivity contribution in [2.75, 3.05) is 6.54 Å². The van der Waals surface area contributed by atoms with Crippen molar-refractivity contribution in [1.29, 1.82) is 0 Å². The molecule has 0 spiro atoms. The number of nitrogens with two attached hydrogens (primary N) is 1. The monoisotopic (exact) mass is 598 g/mol. The molecule has 0 aliphatic heterocycles. The van der Waals surface area contributed by atoms with Gasteiger partial charge in [-0.3, -0.25) is 0 Å². The van der Waals surface area contributed by atoms with Crippen LogP contribution >= 0.6 is 0 Å². The first-order chi connectivity index (χ1) is 21.8. The molecule has 4 saturated carbocycles. The summed E-state index contributed by atoms with van der Waals surface area (Å²) in [4.78, 5) is 0. The molecule has 0 bridgehead atoms.